The summed E-state index contributed by atoms with van der Waals surface area (Å²) in [6.45, 7) is 2.76. The van der Waals surface area contributed by atoms with Crippen LogP contribution in [0.25, 0.3) is 0 Å². The standard InChI is InChI=1S/C15H19N3O2S/c16-9-12-4-8-21-15(12)18-6-2-13(14(18)20)17-5-1-11(10-17)3-7-19/h4,8,11,13,19H,1-3,5-7,10H2/t11-,13+/m1/s1. The lowest BCUT2D eigenvalue weighted by Gasteiger charge is -2.23. The molecule has 0 radical (unpaired) electrons. The number of aliphatic hydroxyl groups is 1. The van der Waals surface area contributed by atoms with Gasteiger partial charge in [-0.15, -0.1) is 11.3 Å². The van der Waals surface area contributed by atoms with Gasteiger partial charge in [-0.2, -0.15) is 5.26 Å². The molecule has 1 amide bonds. The lowest BCUT2D eigenvalue weighted by Crippen LogP contribution is -2.40. The first-order valence-corrected chi connectivity index (χ1v) is 8.26. The summed E-state index contributed by atoms with van der Waals surface area (Å²) in [5.41, 5.74) is 0.591. The zero-order valence-electron chi connectivity index (χ0n) is 11.9. The van der Waals surface area contributed by atoms with Crippen molar-refractivity contribution in [2.24, 2.45) is 5.92 Å². The second-order valence-electron chi connectivity index (χ2n) is 5.71. The van der Waals surface area contributed by atoms with Crippen molar-refractivity contribution in [1.29, 1.82) is 5.26 Å². The molecular weight excluding hydrogens is 286 g/mol. The molecular formula is C15H19N3O2S. The molecule has 2 fully saturated rings. The topological polar surface area (TPSA) is 67.6 Å². The summed E-state index contributed by atoms with van der Waals surface area (Å²) in [7, 11) is 0. The molecule has 1 N–H and O–H groups in total. The summed E-state index contributed by atoms with van der Waals surface area (Å²) < 4.78 is 0. The first kappa shape index (κ1) is 14.5. The lowest BCUT2D eigenvalue weighted by molar-refractivity contribution is -0.121. The Labute approximate surface area is 128 Å². The van der Waals surface area contributed by atoms with Crippen LogP contribution in [0, 0.1) is 17.2 Å². The Balaban J connectivity index is 1.69. The fourth-order valence-corrected chi connectivity index (χ4v) is 4.25. The molecule has 0 aromatic carbocycles. The van der Waals surface area contributed by atoms with E-state index in [1.165, 1.54) is 11.3 Å². The van der Waals surface area contributed by atoms with Crippen LogP contribution in [0.5, 0.6) is 0 Å². The van der Waals surface area contributed by atoms with Gasteiger partial charge in [-0.05, 0) is 43.2 Å². The van der Waals surface area contributed by atoms with E-state index in [-0.39, 0.29) is 18.6 Å². The van der Waals surface area contributed by atoms with Crippen LogP contribution >= 0.6 is 11.3 Å². The number of carbonyl (C=O) groups excluding carboxylic acids is 1. The first-order valence-electron chi connectivity index (χ1n) is 7.38. The van der Waals surface area contributed by atoms with E-state index in [1.807, 2.05) is 5.38 Å². The van der Waals surface area contributed by atoms with Gasteiger partial charge in [-0.25, -0.2) is 0 Å². The summed E-state index contributed by atoms with van der Waals surface area (Å²) in [4.78, 5) is 16.7. The van der Waals surface area contributed by atoms with Crippen LogP contribution in [0.4, 0.5) is 5.00 Å². The minimum Gasteiger partial charge on any atom is -0.396 e. The molecule has 0 bridgehead atoms. The second kappa shape index (κ2) is 6.14. The van der Waals surface area contributed by atoms with Gasteiger partial charge in [0.1, 0.15) is 11.1 Å². The van der Waals surface area contributed by atoms with Crippen molar-refractivity contribution in [3.63, 3.8) is 0 Å². The maximum absolute atomic E-state index is 12.7. The van der Waals surface area contributed by atoms with Crippen LogP contribution in [0.3, 0.4) is 0 Å². The predicted molar refractivity (Wildman–Crippen MR) is 81.2 cm³/mol. The maximum atomic E-state index is 12.7. The molecule has 1 aromatic heterocycles. The second-order valence-corrected chi connectivity index (χ2v) is 6.60. The molecule has 0 aliphatic carbocycles. The average molecular weight is 305 g/mol. The number of aliphatic hydroxyl groups excluding tert-OH is 1. The van der Waals surface area contributed by atoms with Crippen molar-refractivity contribution < 1.29 is 9.90 Å². The van der Waals surface area contributed by atoms with Gasteiger partial charge in [-0.3, -0.25) is 9.69 Å². The van der Waals surface area contributed by atoms with Gasteiger partial charge in [0.05, 0.1) is 11.6 Å². The van der Waals surface area contributed by atoms with Crippen LogP contribution in [0.15, 0.2) is 11.4 Å². The van der Waals surface area contributed by atoms with Crippen LogP contribution in [0.1, 0.15) is 24.8 Å². The highest BCUT2D eigenvalue weighted by Crippen LogP contribution is 2.33. The van der Waals surface area contributed by atoms with Crippen molar-refractivity contribution in [1.82, 2.24) is 4.90 Å². The predicted octanol–water partition coefficient (Wildman–Crippen LogP) is 1.43. The Kier molecular flexibility index (Phi) is 4.24. The normalized spacial score (nSPS) is 26.5. The zero-order valence-corrected chi connectivity index (χ0v) is 12.7. The Morgan fingerprint density at radius 3 is 3.05 bits per heavy atom. The number of likely N-dealkylation sites (tertiary alicyclic amines) is 1. The summed E-state index contributed by atoms with van der Waals surface area (Å²) >= 11 is 1.46. The fourth-order valence-electron chi connectivity index (χ4n) is 3.36. The zero-order chi connectivity index (χ0) is 14.8. The number of anilines is 1. The first-order chi connectivity index (χ1) is 10.2. The van der Waals surface area contributed by atoms with Crippen molar-refractivity contribution in [3.8, 4) is 6.07 Å². The van der Waals surface area contributed by atoms with Gasteiger partial charge in [-0.1, -0.05) is 0 Å². The Morgan fingerprint density at radius 2 is 2.29 bits per heavy atom. The monoisotopic (exact) mass is 305 g/mol. The molecule has 3 rings (SSSR count). The van der Waals surface area contributed by atoms with E-state index in [1.54, 1.807) is 11.0 Å². The third kappa shape index (κ3) is 2.69. The minimum atomic E-state index is -0.0534. The van der Waals surface area contributed by atoms with E-state index in [9.17, 15) is 4.79 Å². The number of nitrogens with zero attached hydrogens (tertiary/aromatic N) is 3. The van der Waals surface area contributed by atoms with Gasteiger partial charge in [0.2, 0.25) is 5.91 Å². The molecule has 112 valence electrons. The number of amides is 1. The smallest absolute Gasteiger partial charge is 0.245 e. The van der Waals surface area contributed by atoms with Crippen LogP contribution < -0.4 is 4.90 Å². The van der Waals surface area contributed by atoms with Crippen molar-refractivity contribution in [3.05, 3.63) is 17.0 Å². The number of rotatable bonds is 4. The van der Waals surface area contributed by atoms with E-state index in [0.29, 0.717) is 18.0 Å². The SMILES string of the molecule is N#Cc1ccsc1N1CC[C@H](N2CC[C@H](CCO)C2)C1=O. The lowest BCUT2D eigenvalue weighted by atomic mass is 10.1. The third-order valence-corrected chi connectivity index (χ3v) is 5.42. The van der Waals surface area contributed by atoms with E-state index in [4.69, 9.17) is 10.4 Å². The van der Waals surface area contributed by atoms with Gasteiger partial charge < -0.3 is 10.0 Å². The fraction of sp³-hybridized carbons (Fsp3) is 0.600. The van der Waals surface area contributed by atoms with Gasteiger partial charge >= 0.3 is 0 Å². The van der Waals surface area contributed by atoms with Crippen molar-refractivity contribution in [2.75, 3.05) is 31.1 Å². The molecule has 2 atom stereocenters. The summed E-state index contributed by atoms with van der Waals surface area (Å²) in [5.74, 6) is 0.631. The summed E-state index contributed by atoms with van der Waals surface area (Å²) in [6.07, 6.45) is 2.71. The molecule has 2 aliphatic heterocycles. The van der Waals surface area contributed by atoms with Gasteiger partial charge in [0.25, 0.3) is 0 Å². The minimum absolute atomic E-state index is 0.0534. The Hall–Kier alpha value is -1.42. The molecule has 0 spiro atoms. The Bertz CT molecular complexity index is 566. The number of nitriles is 1. The average Bonchev–Trinajstić information content (AvgIpc) is 3.17. The van der Waals surface area contributed by atoms with Crippen LogP contribution in [-0.4, -0.2) is 48.2 Å². The summed E-state index contributed by atoms with van der Waals surface area (Å²) in [5, 5.41) is 20.8. The van der Waals surface area contributed by atoms with E-state index in [0.717, 1.165) is 37.4 Å². The highest BCUT2D eigenvalue weighted by Gasteiger charge is 2.40. The molecule has 0 saturated carbocycles. The largest absolute Gasteiger partial charge is 0.396 e. The number of carbonyl (C=O) groups is 1. The van der Waals surface area contributed by atoms with E-state index < -0.39 is 0 Å². The third-order valence-electron chi connectivity index (χ3n) is 4.48. The highest BCUT2D eigenvalue weighted by molar-refractivity contribution is 7.14. The molecule has 21 heavy (non-hydrogen) atoms. The molecule has 5 nitrogen and oxygen atoms in total. The highest BCUT2D eigenvalue weighted by atomic mass is 32.1. The van der Waals surface area contributed by atoms with Crippen molar-refractivity contribution >= 4 is 22.2 Å². The molecule has 1 aromatic rings. The van der Waals surface area contributed by atoms with Gasteiger partial charge in [0, 0.05) is 19.7 Å². The molecule has 0 unspecified atom stereocenters. The molecule has 6 heteroatoms. The molecule has 2 aliphatic rings. The van der Waals surface area contributed by atoms with E-state index >= 15 is 0 Å². The Morgan fingerprint density at radius 1 is 1.43 bits per heavy atom. The van der Waals surface area contributed by atoms with Crippen LogP contribution in [-0.2, 0) is 4.79 Å². The quantitative estimate of drug-likeness (QED) is 0.914. The van der Waals surface area contributed by atoms with Crippen molar-refractivity contribution in [2.45, 2.75) is 25.3 Å². The van der Waals surface area contributed by atoms with Crippen LogP contribution in [0.2, 0.25) is 0 Å². The van der Waals surface area contributed by atoms with Gasteiger partial charge in [0.15, 0.2) is 0 Å². The number of hydrogen-bond donors (Lipinski definition) is 1. The number of hydrogen-bond acceptors (Lipinski definition) is 5. The summed E-state index contributed by atoms with van der Waals surface area (Å²) in [6, 6.07) is 3.87. The molecule has 2 saturated heterocycles. The maximum Gasteiger partial charge on any atom is 0.245 e. The number of thiophene rings is 1. The molecule has 3 heterocycles. The van der Waals surface area contributed by atoms with E-state index in [2.05, 4.69) is 11.0 Å².